The van der Waals surface area contributed by atoms with Crippen LogP contribution in [-0.2, 0) is 25.5 Å². The van der Waals surface area contributed by atoms with E-state index in [1.54, 1.807) is 31.2 Å². The Hall–Kier alpha value is -3.15. The molecule has 1 aliphatic heterocycles. The molecule has 6 nitrogen and oxygen atoms in total. The monoisotopic (exact) mass is 352 g/mol. The zero-order chi connectivity index (χ0) is 18.5. The van der Waals surface area contributed by atoms with Gasteiger partial charge in [-0.15, -0.1) is 0 Å². The molecule has 0 aliphatic carbocycles. The Labute approximate surface area is 152 Å². The van der Waals surface area contributed by atoms with E-state index < -0.39 is 5.97 Å². The summed E-state index contributed by atoms with van der Waals surface area (Å²) in [5.41, 5.74) is 2.05. The maximum absolute atomic E-state index is 12.8. The summed E-state index contributed by atoms with van der Waals surface area (Å²) in [6.07, 6.45) is 0.209. The summed E-state index contributed by atoms with van der Waals surface area (Å²) in [4.78, 5) is 40.0. The predicted octanol–water partition coefficient (Wildman–Crippen LogP) is 2.17. The third-order valence-corrected chi connectivity index (χ3v) is 4.15. The van der Waals surface area contributed by atoms with Crippen molar-refractivity contribution in [3.05, 3.63) is 60.2 Å². The molecule has 2 aromatic carbocycles. The van der Waals surface area contributed by atoms with E-state index in [4.69, 9.17) is 4.74 Å². The molecule has 0 fully saturated rings. The highest BCUT2D eigenvalue weighted by molar-refractivity contribution is 6.12. The van der Waals surface area contributed by atoms with Crippen LogP contribution in [0.15, 0.2) is 54.6 Å². The molecule has 134 valence electrons. The van der Waals surface area contributed by atoms with Gasteiger partial charge in [0.05, 0.1) is 24.4 Å². The molecule has 6 heteroatoms. The highest BCUT2D eigenvalue weighted by atomic mass is 16.5. The van der Waals surface area contributed by atoms with Crippen molar-refractivity contribution in [3.63, 3.8) is 0 Å². The fourth-order valence-electron chi connectivity index (χ4n) is 2.96. The number of fused-ring (bicyclic) bond motifs is 1. The van der Waals surface area contributed by atoms with Crippen molar-refractivity contribution in [2.75, 3.05) is 29.5 Å². The topological polar surface area (TPSA) is 66.9 Å². The van der Waals surface area contributed by atoms with Crippen LogP contribution in [0.1, 0.15) is 12.5 Å². The fraction of sp³-hybridized carbons (Fsp3) is 0.250. The van der Waals surface area contributed by atoms with Crippen molar-refractivity contribution in [2.24, 2.45) is 0 Å². The van der Waals surface area contributed by atoms with Crippen LogP contribution in [0.4, 0.5) is 11.4 Å². The van der Waals surface area contributed by atoms with E-state index in [1.165, 1.54) is 9.80 Å². The zero-order valence-corrected chi connectivity index (χ0v) is 14.6. The summed E-state index contributed by atoms with van der Waals surface area (Å²) in [7, 11) is 0. The molecule has 0 bridgehead atoms. The first-order chi connectivity index (χ1) is 12.6. The number of carbonyl (C=O) groups excluding carboxylic acids is 3. The van der Waals surface area contributed by atoms with E-state index in [2.05, 4.69) is 0 Å². The lowest BCUT2D eigenvalue weighted by atomic mass is 10.1. The molecule has 1 heterocycles. The summed E-state index contributed by atoms with van der Waals surface area (Å²) in [5, 5.41) is 0. The van der Waals surface area contributed by atoms with Gasteiger partial charge in [0.15, 0.2) is 0 Å². The number of esters is 1. The standard InChI is InChI=1S/C20H20N2O4/c1-2-26-20(25)14-22-17-11-7-6-10-16(17)21(13-19(22)24)18(23)12-15-8-4-3-5-9-15/h3-11H,2,12-14H2,1H3. The van der Waals surface area contributed by atoms with Gasteiger partial charge in [0.1, 0.15) is 13.1 Å². The quantitative estimate of drug-likeness (QED) is 0.774. The Bertz CT molecular complexity index is 820. The van der Waals surface area contributed by atoms with E-state index in [1.807, 2.05) is 30.3 Å². The molecule has 0 unspecified atom stereocenters. The van der Waals surface area contributed by atoms with Crippen molar-refractivity contribution >= 4 is 29.2 Å². The third kappa shape index (κ3) is 3.74. The minimum Gasteiger partial charge on any atom is -0.465 e. The Balaban J connectivity index is 1.85. The maximum Gasteiger partial charge on any atom is 0.326 e. The average Bonchev–Trinajstić information content (AvgIpc) is 2.65. The van der Waals surface area contributed by atoms with E-state index >= 15 is 0 Å². The van der Waals surface area contributed by atoms with Crippen molar-refractivity contribution in [3.8, 4) is 0 Å². The molecule has 3 rings (SSSR count). The SMILES string of the molecule is CCOC(=O)CN1C(=O)CN(C(=O)Cc2ccccc2)c2ccccc21. The number of ether oxygens (including phenoxy) is 1. The third-order valence-electron chi connectivity index (χ3n) is 4.15. The molecule has 0 aromatic heterocycles. The predicted molar refractivity (Wildman–Crippen MR) is 97.9 cm³/mol. The number of para-hydroxylation sites is 2. The highest BCUT2D eigenvalue weighted by Crippen LogP contribution is 2.33. The first kappa shape index (κ1) is 17.7. The van der Waals surface area contributed by atoms with Gasteiger partial charge in [0.25, 0.3) is 0 Å². The lowest BCUT2D eigenvalue weighted by Crippen LogP contribution is -2.50. The summed E-state index contributed by atoms with van der Waals surface area (Å²) in [6.45, 7) is 1.71. The number of hydrogen-bond donors (Lipinski definition) is 0. The van der Waals surface area contributed by atoms with E-state index in [0.29, 0.717) is 11.4 Å². The number of rotatable bonds is 5. The Morgan fingerprint density at radius 3 is 2.35 bits per heavy atom. The Morgan fingerprint density at radius 2 is 1.65 bits per heavy atom. The number of amides is 2. The van der Waals surface area contributed by atoms with Crippen molar-refractivity contribution < 1.29 is 19.1 Å². The van der Waals surface area contributed by atoms with Gasteiger partial charge in [-0.2, -0.15) is 0 Å². The fourth-order valence-corrected chi connectivity index (χ4v) is 2.96. The molecule has 26 heavy (non-hydrogen) atoms. The lowest BCUT2D eigenvalue weighted by molar-refractivity contribution is -0.142. The number of benzene rings is 2. The second-order valence-electron chi connectivity index (χ2n) is 5.92. The van der Waals surface area contributed by atoms with Gasteiger partial charge in [0, 0.05) is 0 Å². The molecule has 0 saturated carbocycles. The first-order valence-electron chi connectivity index (χ1n) is 8.49. The minimum atomic E-state index is -0.472. The summed E-state index contributed by atoms with van der Waals surface area (Å²) >= 11 is 0. The molecule has 1 aliphatic rings. The second-order valence-corrected chi connectivity index (χ2v) is 5.92. The van der Waals surface area contributed by atoms with Crippen LogP contribution >= 0.6 is 0 Å². The van der Waals surface area contributed by atoms with Gasteiger partial charge < -0.3 is 9.64 Å². The molecule has 0 atom stereocenters. The average molecular weight is 352 g/mol. The van der Waals surface area contributed by atoms with Gasteiger partial charge in [-0.1, -0.05) is 42.5 Å². The second kappa shape index (κ2) is 7.82. The molecule has 0 saturated heterocycles. The lowest BCUT2D eigenvalue weighted by Gasteiger charge is -2.35. The van der Waals surface area contributed by atoms with Gasteiger partial charge in [0.2, 0.25) is 11.8 Å². The number of carbonyl (C=O) groups is 3. The molecule has 2 aromatic rings. The van der Waals surface area contributed by atoms with Crippen molar-refractivity contribution in [1.82, 2.24) is 0 Å². The Kier molecular flexibility index (Phi) is 5.31. The van der Waals surface area contributed by atoms with Crippen LogP contribution in [0.5, 0.6) is 0 Å². The number of nitrogens with zero attached hydrogens (tertiary/aromatic N) is 2. The van der Waals surface area contributed by atoms with Crippen LogP contribution in [0.3, 0.4) is 0 Å². The van der Waals surface area contributed by atoms with Crippen molar-refractivity contribution in [2.45, 2.75) is 13.3 Å². The minimum absolute atomic E-state index is 0.0952. The van der Waals surface area contributed by atoms with Crippen LogP contribution < -0.4 is 9.80 Å². The van der Waals surface area contributed by atoms with Crippen molar-refractivity contribution in [1.29, 1.82) is 0 Å². The normalized spacial score (nSPS) is 13.3. The number of hydrogen-bond acceptors (Lipinski definition) is 4. The Morgan fingerprint density at radius 1 is 1.00 bits per heavy atom. The maximum atomic E-state index is 12.8. The molecule has 0 radical (unpaired) electrons. The van der Waals surface area contributed by atoms with Crippen LogP contribution in [-0.4, -0.2) is 37.5 Å². The highest BCUT2D eigenvalue weighted by Gasteiger charge is 2.33. The molecular formula is C20H20N2O4. The molecular weight excluding hydrogens is 332 g/mol. The van der Waals surface area contributed by atoms with E-state index in [9.17, 15) is 14.4 Å². The summed E-state index contributed by atoms with van der Waals surface area (Å²) < 4.78 is 4.95. The number of anilines is 2. The van der Waals surface area contributed by atoms with Crippen LogP contribution in [0, 0.1) is 0 Å². The summed E-state index contributed by atoms with van der Waals surface area (Å²) in [6, 6.07) is 16.5. The van der Waals surface area contributed by atoms with Gasteiger partial charge in [-0.25, -0.2) is 0 Å². The van der Waals surface area contributed by atoms with Crippen LogP contribution in [0.25, 0.3) is 0 Å². The van der Waals surface area contributed by atoms with Gasteiger partial charge in [-0.05, 0) is 24.6 Å². The molecule has 2 amide bonds. The van der Waals surface area contributed by atoms with E-state index in [-0.39, 0.29) is 37.9 Å². The summed E-state index contributed by atoms with van der Waals surface area (Å²) in [5.74, 6) is -0.939. The van der Waals surface area contributed by atoms with Crippen LogP contribution in [0.2, 0.25) is 0 Å². The van der Waals surface area contributed by atoms with Gasteiger partial charge in [-0.3, -0.25) is 19.3 Å². The van der Waals surface area contributed by atoms with Gasteiger partial charge >= 0.3 is 5.97 Å². The largest absolute Gasteiger partial charge is 0.465 e. The first-order valence-corrected chi connectivity index (χ1v) is 8.49. The molecule has 0 N–H and O–H groups in total. The smallest absolute Gasteiger partial charge is 0.326 e. The van der Waals surface area contributed by atoms with E-state index in [0.717, 1.165) is 5.56 Å². The molecule has 0 spiro atoms. The zero-order valence-electron chi connectivity index (χ0n) is 14.6.